The van der Waals surface area contributed by atoms with Gasteiger partial charge in [-0.2, -0.15) is 0 Å². The number of ketones is 7. The molecule has 1 aromatic carbocycles. The lowest BCUT2D eigenvalue weighted by Crippen LogP contribution is -2.53. The Kier molecular flexibility index (Phi) is 53.9. The first-order chi connectivity index (χ1) is 59.6. The molecule has 19 N–H and O–H groups in total. The van der Waals surface area contributed by atoms with Gasteiger partial charge < -0.3 is 85.9 Å². The number of aliphatic hydroxyl groups is 2. The van der Waals surface area contributed by atoms with Crippen LogP contribution in [0.15, 0.2) is 40.4 Å². The number of aliphatic imine (C=N–C) groups is 1. The van der Waals surface area contributed by atoms with E-state index in [1.54, 1.807) is 6.92 Å². The lowest BCUT2D eigenvalue weighted by atomic mass is 9.89. The van der Waals surface area contributed by atoms with Crippen molar-refractivity contribution in [2.24, 2.45) is 62.6 Å². The van der Waals surface area contributed by atoms with Gasteiger partial charge in [-0.25, -0.2) is 0 Å². The molecule has 1 aromatic rings. The molecule has 0 aliphatic carbocycles. The van der Waals surface area contributed by atoms with Crippen molar-refractivity contribution in [2.75, 3.05) is 84.1 Å². The minimum Gasteiger partial charge on any atom is -0.394 e. The molecule has 12 atom stereocenters. The van der Waals surface area contributed by atoms with Crippen molar-refractivity contribution in [1.82, 2.24) is 57.7 Å². The highest BCUT2D eigenvalue weighted by molar-refractivity contribution is 8.76. The van der Waals surface area contributed by atoms with Crippen LogP contribution in [0.3, 0.4) is 0 Å². The second kappa shape index (κ2) is 61.5. The van der Waals surface area contributed by atoms with Crippen LogP contribution >= 0.6 is 21.6 Å². The average molecular weight is 1800 g/mol. The second-order valence-electron chi connectivity index (χ2n) is 32.4. The number of Topliss-reactive ketones (excluding diaryl/α,β-unsaturated/α-hetero) is 7. The number of nitrogens with two attached hydrogens (primary N) is 4. The van der Waals surface area contributed by atoms with Crippen LogP contribution in [0, 0.1) is 29.6 Å². The highest BCUT2D eigenvalue weighted by atomic mass is 33.1. The first-order valence-electron chi connectivity index (χ1n) is 43.4. The number of aliphatic hydroxyl groups excluding tert-OH is 2. The van der Waals surface area contributed by atoms with E-state index in [4.69, 9.17) is 28.5 Å². The van der Waals surface area contributed by atoms with E-state index in [9.17, 15) is 96.5 Å². The minimum absolute atomic E-state index is 0.00572. The number of likely N-dealkylation sites (tertiary alicyclic amines) is 2. The zero-order valence-electron chi connectivity index (χ0n) is 73.2. The summed E-state index contributed by atoms with van der Waals surface area (Å²) < 4.78 is 0. The SMILES string of the molecule is CC(=O)[C@H](CCCN=C(N)N)NC(=O)[C@H](CCC(N)=O)CC(=O)[C@H](CO)NC(=O)CCC(=O)CNC(=O)CCC(=O)CNC(=O)[C@@H](C)CCCCN=[N+]=[N-].CCCC[C@@H](NC(=O)[C@@H]1CCCN1C(=O)CCC(=O)[C@H](CCCCN)NC(=O)[C@@H]1CSSC[C@H](NC(=O)[C@@H]2CCCN2C)C(=O)C[C@@H](CC(C)C)C(=O)N[C@@H](CO)C(=O)C1)C(=O)NCCc1ccccc1. The van der Waals surface area contributed by atoms with Gasteiger partial charge in [-0.3, -0.25) is 96.2 Å². The molecule has 0 bridgehead atoms. The van der Waals surface area contributed by atoms with Crippen LogP contribution < -0.4 is 70.8 Å². The Morgan fingerprint density at radius 2 is 1.28 bits per heavy atom. The fraction of sp³-hybridized carbons (Fsp3) is 0.702. The minimum atomic E-state index is -1.44. The number of nitrogens with one attached hydrogen (secondary N) is 9. The summed E-state index contributed by atoms with van der Waals surface area (Å²) in [6.45, 7) is 8.88. The molecular weight excluding hydrogens is 1660 g/mol. The van der Waals surface area contributed by atoms with Crippen LogP contribution in [-0.4, -0.2) is 264 Å². The third-order valence-electron chi connectivity index (χ3n) is 21.6. The van der Waals surface area contributed by atoms with Crippen LogP contribution in [0.25, 0.3) is 10.4 Å². The highest BCUT2D eigenvalue weighted by Crippen LogP contribution is 2.30. The molecule has 0 radical (unpaired) electrons. The van der Waals surface area contributed by atoms with E-state index in [-0.39, 0.29) is 154 Å². The van der Waals surface area contributed by atoms with E-state index in [0.29, 0.717) is 110 Å². The van der Waals surface area contributed by atoms with Crippen molar-refractivity contribution >= 4 is 133 Å². The van der Waals surface area contributed by atoms with Gasteiger partial charge in [0.15, 0.2) is 46.4 Å². The summed E-state index contributed by atoms with van der Waals surface area (Å²) in [6, 6.07) is 2.09. The first-order valence-corrected chi connectivity index (χ1v) is 45.9. The molecule has 0 unspecified atom stereocenters. The lowest BCUT2D eigenvalue weighted by molar-refractivity contribution is -0.140. The summed E-state index contributed by atoms with van der Waals surface area (Å²) in [6.07, 6.45) is 6.02. The fourth-order valence-corrected chi connectivity index (χ4v) is 16.7. The van der Waals surface area contributed by atoms with Crippen LogP contribution in [0.4, 0.5) is 0 Å². The number of primary amides is 1. The third-order valence-corrected chi connectivity index (χ3v) is 24.1. The summed E-state index contributed by atoms with van der Waals surface area (Å²) in [5.41, 5.74) is 30.9. The van der Waals surface area contributed by atoms with E-state index in [0.717, 1.165) is 24.9 Å². The second-order valence-corrected chi connectivity index (χ2v) is 34.9. The van der Waals surface area contributed by atoms with Gasteiger partial charge in [0.1, 0.15) is 24.2 Å². The number of amides is 11. The number of benzene rings is 1. The van der Waals surface area contributed by atoms with Crippen molar-refractivity contribution in [2.45, 2.75) is 263 Å². The monoisotopic (exact) mass is 1790 g/mol. The van der Waals surface area contributed by atoms with E-state index in [1.165, 1.54) is 33.4 Å². The molecule has 4 rings (SSSR count). The van der Waals surface area contributed by atoms with Crippen molar-refractivity contribution in [1.29, 1.82) is 0 Å². The summed E-state index contributed by atoms with van der Waals surface area (Å²) in [4.78, 5) is 244. The number of unbranched alkanes of at least 4 members (excludes halogenated alkanes) is 3. The predicted molar refractivity (Wildman–Crippen MR) is 470 cm³/mol. The van der Waals surface area contributed by atoms with E-state index >= 15 is 0 Å². The van der Waals surface area contributed by atoms with Gasteiger partial charge in [0, 0.05) is 125 Å². The molecule has 11 amide bonds. The first kappa shape index (κ1) is 109. The summed E-state index contributed by atoms with van der Waals surface area (Å²) >= 11 is 0. The smallest absolute Gasteiger partial charge is 0.243 e. The van der Waals surface area contributed by atoms with Gasteiger partial charge >= 0.3 is 0 Å². The van der Waals surface area contributed by atoms with Crippen molar-refractivity contribution in [3.8, 4) is 0 Å². The number of guanidine groups is 1. The number of azide groups is 1. The lowest BCUT2D eigenvalue weighted by Gasteiger charge is -2.27. The fourth-order valence-electron chi connectivity index (χ4n) is 14.2. The molecule has 0 spiro atoms. The Bertz CT molecular complexity index is 3810. The third kappa shape index (κ3) is 44.3. The normalized spacial score (nSPS) is 18.9. The molecule has 125 heavy (non-hydrogen) atoms. The Labute approximate surface area is 739 Å². The molecule has 3 aliphatic rings. The summed E-state index contributed by atoms with van der Waals surface area (Å²) in [5, 5.41) is 47.5. The van der Waals surface area contributed by atoms with Gasteiger partial charge in [-0.05, 0) is 140 Å². The number of hydrogen-bond donors (Lipinski definition) is 15. The van der Waals surface area contributed by atoms with Crippen LogP contribution in [-0.2, 0) is 92.7 Å². The van der Waals surface area contributed by atoms with Crippen LogP contribution in [0.1, 0.15) is 214 Å². The maximum atomic E-state index is 14.2. The topological polar surface area (TPSA) is 628 Å². The molecule has 3 fully saturated rings. The molecule has 698 valence electrons. The molecule has 3 aliphatic heterocycles. The van der Waals surface area contributed by atoms with E-state index in [1.807, 2.05) is 63.1 Å². The number of carbonyl (C=O) groups excluding carboxylic acids is 18. The van der Waals surface area contributed by atoms with Gasteiger partial charge in [0.05, 0.1) is 56.4 Å². The van der Waals surface area contributed by atoms with Gasteiger partial charge in [-0.15, -0.1) is 0 Å². The predicted octanol–water partition coefficient (Wildman–Crippen LogP) is 1.10. The summed E-state index contributed by atoms with van der Waals surface area (Å²) in [7, 11) is 4.35. The number of rotatable bonds is 55. The Hall–Kier alpha value is -9.80. The number of hydrogen-bond acceptors (Lipinski definition) is 26. The quantitative estimate of drug-likeness (QED) is 0.00826. The molecule has 0 aromatic heterocycles. The van der Waals surface area contributed by atoms with Crippen LogP contribution in [0.5, 0.6) is 0 Å². The zero-order valence-corrected chi connectivity index (χ0v) is 74.9. The molecule has 41 heteroatoms. The van der Waals surface area contributed by atoms with Crippen molar-refractivity contribution in [3.63, 3.8) is 0 Å². The van der Waals surface area contributed by atoms with E-state index in [2.05, 4.69) is 62.9 Å². The van der Waals surface area contributed by atoms with Gasteiger partial charge in [0.25, 0.3) is 0 Å². The van der Waals surface area contributed by atoms with Gasteiger partial charge in [0.2, 0.25) is 65.0 Å². The maximum absolute atomic E-state index is 14.2. The zero-order chi connectivity index (χ0) is 92.9. The van der Waals surface area contributed by atoms with Crippen LogP contribution in [0.2, 0.25) is 0 Å². The van der Waals surface area contributed by atoms with E-state index < -0.39 is 163 Å². The molecule has 39 nitrogen and oxygen atoms in total. The summed E-state index contributed by atoms with van der Waals surface area (Å²) in [5.74, 6) is -12.4. The average Bonchev–Trinajstić information content (AvgIpc) is 1.52. The highest BCUT2D eigenvalue weighted by Gasteiger charge is 2.40. The molecule has 0 saturated carbocycles. The van der Waals surface area contributed by atoms with Crippen molar-refractivity contribution < 1.29 is 96.5 Å². The molecule has 3 heterocycles. The van der Waals surface area contributed by atoms with Gasteiger partial charge in [-0.1, -0.05) is 104 Å². The Balaban J connectivity index is 0.000000672. The standard InChI is InChI=1S/C51H80N8O10S2.C33H55N11O10/c1-5-6-16-38(49(67)53-24-22-34-14-8-7-9-15-34)55-51(69)42-19-13-26-59(42)46(64)21-20-43(61)37(17-10-11-23-52)54-48(66)36-29-44(62)39(30-60)56-47(65)35(27-33(2)3)28-45(63)40(32-71-70-31-36)57-50(68)41-18-12-25-58(41)4;1-20(6-3-4-15-41-44-37)31(53)40-18-24(48)9-12-29(51)39-17-23(47)10-13-30(52)42-26(19-45)27(49)16-22(8-11-28(34)50)32(54)43-25(21(2)46)7-5-14-38-33(35)36/h7-9,14-15,33,35-42,60H,5-6,10-13,16-32,52H2,1-4H3,(H,53,67)(H,54,66)(H,55,69)(H,56,65)(H,57,68);20,22,25-26,45H,3-19H2,1-2H3,(H2,34,50)(H,39,51)(H,40,53)(H,42,52)(H,43,54)(H4,35,36,38)/t35-,36+,37+,38-,39+,40+,41+,42+;20-,22+,25-,26-/m10/s1. The Morgan fingerprint density at radius 1 is 0.632 bits per heavy atom. The molecule has 3 saturated heterocycles. The number of likely N-dealkylation sites (N-methyl/N-ethyl adjacent to an activating group) is 1. The number of nitrogens with zero attached hydrogens (tertiary/aromatic N) is 6. The molecular formula is C84H135N19O20S2. The largest absolute Gasteiger partial charge is 0.394 e. The Morgan fingerprint density at radius 3 is 1.91 bits per heavy atom. The maximum Gasteiger partial charge on any atom is 0.243 e. The number of carbonyl (C=O) groups is 18. The van der Waals surface area contributed by atoms with Crippen molar-refractivity contribution in [3.05, 3.63) is 46.3 Å².